The molecule has 3 N–H and O–H groups in total. The van der Waals surface area contributed by atoms with Crippen LogP contribution in [0.15, 0.2) is 47.7 Å². The first kappa shape index (κ1) is 10.0. The highest BCUT2D eigenvalue weighted by Gasteiger charge is 2.19. The molecule has 1 aliphatic rings. The number of anilines is 1. The molecule has 1 aromatic carbocycles. The van der Waals surface area contributed by atoms with Crippen molar-refractivity contribution in [3.05, 3.63) is 42.6 Å². The Morgan fingerprint density at radius 3 is 2.69 bits per heavy atom. The van der Waals surface area contributed by atoms with Crippen molar-refractivity contribution in [1.82, 2.24) is 10.7 Å². The lowest BCUT2D eigenvalue weighted by molar-refractivity contribution is 0.195. The summed E-state index contributed by atoms with van der Waals surface area (Å²) in [5.74, 6) is 0. The van der Waals surface area contributed by atoms with Gasteiger partial charge >= 0.3 is 6.03 Å². The first-order chi connectivity index (χ1) is 7.79. The Morgan fingerprint density at radius 1 is 1.38 bits per heavy atom. The molecule has 2 rings (SSSR count). The zero-order chi connectivity index (χ0) is 11.4. The SMILES string of the molecule is NC(=O)N(c1ccccc1)N1N=CC=CN1. The summed E-state index contributed by atoms with van der Waals surface area (Å²) >= 11 is 0. The van der Waals surface area contributed by atoms with Gasteiger partial charge in [-0.3, -0.25) is 5.43 Å². The highest BCUT2D eigenvalue weighted by atomic mass is 16.2. The molecular formula is C10H11N5O. The smallest absolute Gasteiger partial charge is 0.341 e. The number of hydrogen-bond donors (Lipinski definition) is 2. The van der Waals surface area contributed by atoms with Crippen LogP contribution in [0.1, 0.15) is 0 Å². The van der Waals surface area contributed by atoms with Crippen LogP contribution in [0.4, 0.5) is 10.5 Å². The van der Waals surface area contributed by atoms with Crippen LogP contribution in [0.2, 0.25) is 0 Å². The van der Waals surface area contributed by atoms with Crippen molar-refractivity contribution in [2.24, 2.45) is 10.8 Å². The number of hydrogen-bond acceptors (Lipinski definition) is 4. The summed E-state index contributed by atoms with van der Waals surface area (Å²) in [6, 6.07) is 8.39. The highest BCUT2D eigenvalue weighted by Crippen LogP contribution is 2.15. The fourth-order valence-corrected chi connectivity index (χ4v) is 1.30. The number of nitrogens with two attached hydrogens (primary N) is 1. The van der Waals surface area contributed by atoms with E-state index in [1.54, 1.807) is 30.6 Å². The molecule has 6 nitrogen and oxygen atoms in total. The van der Waals surface area contributed by atoms with Crippen LogP contribution >= 0.6 is 0 Å². The molecule has 0 aromatic heterocycles. The van der Waals surface area contributed by atoms with Gasteiger partial charge in [-0.1, -0.05) is 23.4 Å². The van der Waals surface area contributed by atoms with Gasteiger partial charge in [-0.15, -0.1) is 5.10 Å². The van der Waals surface area contributed by atoms with E-state index in [4.69, 9.17) is 5.73 Å². The number of carbonyl (C=O) groups excluding carboxylic acids is 1. The Morgan fingerprint density at radius 2 is 2.12 bits per heavy atom. The lowest BCUT2D eigenvalue weighted by Crippen LogP contribution is -2.52. The predicted octanol–water partition coefficient (Wildman–Crippen LogP) is 0.806. The van der Waals surface area contributed by atoms with Gasteiger partial charge in [0.05, 0.1) is 11.9 Å². The molecule has 0 spiro atoms. The van der Waals surface area contributed by atoms with Crippen LogP contribution in [0.5, 0.6) is 0 Å². The summed E-state index contributed by atoms with van der Waals surface area (Å²) in [5, 5.41) is 6.45. The molecule has 0 atom stereocenters. The van der Waals surface area contributed by atoms with Gasteiger partial charge in [-0.05, 0) is 18.2 Å². The number of rotatable bonds is 2. The van der Waals surface area contributed by atoms with Gasteiger partial charge in [0.2, 0.25) is 0 Å². The number of hydrazine groups is 2. The van der Waals surface area contributed by atoms with E-state index in [0.717, 1.165) is 0 Å². The molecule has 0 aliphatic carbocycles. The van der Waals surface area contributed by atoms with E-state index in [1.165, 1.54) is 10.2 Å². The van der Waals surface area contributed by atoms with Gasteiger partial charge in [0, 0.05) is 6.20 Å². The molecule has 0 unspecified atom stereocenters. The van der Waals surface area contributed by atoms with E-state index in [0.29, 0.717) is 5.69 Å². The Labute approximate surface area is 92.6 Å². The number of carbonyl (C=O) groups is 1. The largest absolute Gasteiger partial charge is 0.350 e. The number of hydrazone groups is 1. The number of benzene rings is 1. The molecule has 1 aliphatic heterocycles. The zero-order valence-electron chi connectivity index (χ0n) is 8.45. The average Bonchev–Trinajstić information content (AvgIpc) is 2.31. The van der Waals surface area contributed by atoms with Crippen molar-refractivity contribution in [2.75, 3.05) is 5.01 Å². The standard InChI is InChI=1S/C10H11N5O/c11-10(16)14(9-5-2-1-3-6-9)15-12-7-4-8-13-15/h1-8,12H,(H2,11,16). The lowest BCUT2D eigenvalue weighted by atomic mass is 10.3. The Hall–Kier alpha value is -2.50. The first-order valence-corrected chi connectivity index (χ1v) is 4.69. The third-order valence-corrected chi connectivity index (χ3v) is 1.95. The molecule has 0 radical (unpaired) electrons. The van der Waals surface area contributed by atoms with Crippen LogP contribution < -0.4 is 16.2 Å². The molecule has 0 fully saturated rings. The minimum absolute atomic E-state index is 0.619. The average molecular weight is 217 g/mol. The van der Waals surface area contributed by atoms with Gasteiger partial charge < -0.3 is 5.73 Å². The summed E-state index contributed by atoms with van der Waals surface area (Å²) in [5.41, 5.74) is 8.72. The Bertz CT molecular complexity index is 428. The Kier molecular flexibility index (Phi) is 2.73. The highest BCUT2D eigenvalue weighted by molar-refractivity contribution is 5.89. The minimum atomic E-state index is -0.619. The van der Waals surface area contributed by atoms with Crippen LogP contribution in [-0.4, -0.2) is 17.5 Å². The fraction of sp³-hybridized carbons (Fsp3) is 0. The number of para-hydroxylation sites is 1. The van der Waals surface area contributed by atoms with Gasteiger partial charge in [0.25, 0.3) is 0 Å². The van der Waals surface area contributed by atoms with Gasteiger partial charge in [0.15, 0.2) is 0 Å². The molecular weight excluding hydrogens is 206 g/mol. The zero-order valence-corrected chi connectivity index (χ0v) is 8.45. The normalized spacial score (nSPS) is 13.4. The molecule has 1 aromatic rings. The van der Waals surface area contributed by atoms with Crippen LogP contribution in [0, 0.1) is 0 Å². The number of primary amides is 1. The third-order valence-electron chi connectivity index (χ3n) is 1.95. The number of nitrogens with zero attached hydrogens (tertiary/aromatic N) is 3. The van der Waals surface area contributed by atoms with Crippen molar-refractivity contribution < 1.29 is 4.79 Å². The monoisotopic (exact) mass is 217 g/mol. The van der Waals surface area contributed by atoms with Crippen LogP contribution in [0.3, 0.4) is 0 Å². The van der Waals surface area contributed by atoms with Crippen molar-refractivity contribution in [2.45, 2.75) is 0 Å². The molecule has 0 saturated carbocycles. The van der Waals surface area contributed by atoms with Crippen molar-refractivity contribution in [1.29, 1.82) is 0 Å². The van der Waals surface area contributed by atoms with Gasteiger partial charge in [-0.25, -0.2) is 4.79 Å². The molecule has 0 saturated heterocycles. The second-order valence-corrected chi connectivity index (χ2v) is 3.03. The first-order valence-electron chi connectivity index (χ1n) is 4.69. The fourth-order valence-electron chi connectivity index (χ4n) is 1.30. The summed E-state index contributed by atoms with van der Waals surface area (Å²) < 4.78 is 0. The molecule has 0 bridgehead atoms. The van der Waals surface area contributed by atoms with Crippen LogP contribution in [-0.2, 0) is 0 Å². The summed E-state index contributed by atoms with van der Waals surface area (Å²) in [4.78, 5) is 11.4. The van der Waals surface area contributed by atoms with E-state index in [2.05, 4.69) is 10.5 Å². The van der Waals surface area contributed by atoms with Gasteiger partial charge in [0.1, 0.15) is 0 Å². The number of allylic oxidation sites excluding steroid dienone is 1. The maximum absolute atomic E-state index is 11.4. The number of urea groups is 1. The van der Waals surface area contributed by atoms with Crippen molar-refractivity contribution in [3.8, 4) is 0 Å². The lowest BCUT2D eigenvalue weighted by Gasteiger charge is -2.30. The second-order valence-electron chi connectivity index (χ2n) is 3.03. The van der Waals surface area contributed by atoms with Crippen LogP contribution in [0.25, 0.3) is 0 Å². The summed E-state index contributed by atoms with van der Waals surface area (Å²) in [7, 11) is 0. The van der Waals surface area contributed by atoms with Crippen molar-refractivity contribution in [3.63, 3.8) is 0 Å². The minimum Gasteiger partial charge on any atom is -0.350 e. The number of amides is 2. The maximum Gasteiger partial charge on any atom is 0.341 e. The van der Waals surface area contributed by atoms with E-state index >= 15 is 0 Å². The second kappa shape index (κ2) is 4.35. The number of nitrogens with one attached hydrogen (secondary N) is 1. The van der Waals surface area contributed by atoms with Crippen molar-refractivity contribution >= 4 is 17.9 Å². The summed E-state index contributed by atoms with van der Waals surface area (Å²) in [6.07, 6.45) is 4.90. The molecule has 82 valence electrons. The van der Waals surface area contributed by atoms with E-state index in [9.17, 15) is 4.79 Å². The Balaban J connectivity index is 2.28. The summed E-state index contributed by atoms with van der Waals surface area (Å²) in [6.45, 7) is 0. The predicted molar refractivity (Wildman–Crippen MR) is 61.1 cm³/mol. The topological polar surface area (TPSA) is 74.0 Å². The molecule has 6 heteroatoms. The third kappa shape index (κ3) is 1.95. The van der Waals surface area contributed by atoms with Gasteiger partial charge in [-0.2, -0.15) is 5.01 Å². The molecule has 16 heavy (non-hydrogen) atoms. The van der Waals surface area contributed by atoms with E-state index < -0.39 is 6.03 Å². The quantitative estimate of drug-likeness (QED) is 0.769. The molecule has 1 heterocycles. The van der Waals surface area contributed by atoms with E-state index in [1.807, 2.05) is 18.2 Å². The van der Waals surface area contributed by atoms with E-state index in [-0.39, 0.29) is 0 Å². The molecule has 2 amide bonds. The maximum atomic E-state index is 11.4.